The summed E-state index contributed by atoms with van der Waals surface area (Å²) in [7, 11) is 0. The van der Waals surface area contributed by atoms with Crippen molar-refractivity contribution in [1.82, 2.24) is 4.98 Å². The SMILES string of the molecule is CCNc1nc(Cc2ccccc2)ccc1C(=O)Nc1cc(F)ccc1N. The van der Waals surface area contributed by atoms with Gasteiger partial charge in [0.25, 0.3) is 5.91 Å². The molecule has 138 valence electrons. The Balaban J connectivity index is 1.85. The molecule has 0 aliphatic heterocycles. The summed E-state index contributed by atoms with van der Waals surface area (Å²) in [5, 5.41) is 5.77. The summed E-state index contributed by atoms with van der Waals surface area (Å²) in [6.45, 7) is 2.54. The topological polar surface area (TPSA) is 80.0 Å². The van der Waals surface area contributed by atoms with E-state index in [9.17, 15) is 9.18 Å². The number of aromatic nitrogens is 1. The molecule has 1 heterocycles. The van der Waals surface area contributed by atoms with Gasteiger partial charge in [0.05, 0.1) is 16.9 Å². The molecule has 27 heavy (non-hydrogen) atoms. The first-order valence-corrected chi connectivity index (χ1v) is 8.71. The van der Waals surface area contributed by atoms with Crippen LogP contribution in [0.15, 0.2) is 60.7 Å². The highest BCUT2D eigenvalue weighted by Gasteiger charge is 2.15. The normalized spacial score (nSPS) is 10.4. The number of anilines is 3. The molecule has 1 aromatic heterocycles. The molecule has 0 unspecified atom stereocenters. The van der Waals surface area contributed by atoms with Gasteiger partial charge in [-0.05, 0) is 42.8 Å². The van der Waals surface area contributed by atoms with Crippen molar-refractivity contribution in [2.45, 2.75) is 13.3 Å². The Bertz CT molecular complexity index is 944. The molecule has 0 fully saturated rings. The maximum Gasteiger partial charge on any atom is 0.259 e. The lowest BCUT2D eigenvalue weighted by molar-refractivity contribution is 0.102. The Hall–Kier alpha value is -3.41. The zero-order valence-electron chi connectivity index (χ0n) is 15.0. The Labute approximate surface area is 157 Å². The molecule has 5 nitrogen and oxygen atoms in total. The fourth-order valence-corrected chi connectivity index (χ4v) is 2.71. The average molecular weight is 364 g/mol. The van der Waals surface area contributed by atoms with Crippen molar-refractivity contribution >= 4 is 23.1 Å². The Kier molecular flexibility index (Phi) is 5.66. The molecule has 1 amide bonds. The lowest BCUT2D eigenvalue weighted by atomic mass is 10.1. The molecule has 0 aliphatic rings. The number of rotatable bonds is 6. The minimum atomic E-state index is -0.470. The maximum absolute atomic E-state index is 13.4. The van der Waals surface area contributed by atoms with Crippen molar-refractivity contribution < 1.29 is 9.18 Å². The molecular weight excluding hydrogens is 343 g/mol. The second-order valence-corrected chi connectivity index (χ2v) is 6.08. The average Bonchev–Trinajstić information content (AvgIpc) is 2.66. The highest BCUT2D eigenvalue weighted by Crippen LogP contribution is 2.22. The third-order valence-corrected chi connectivity index (χ3v) is 4.03. The number of nitrogens with zero attached hydrogens (tertiary/aromatic N) is 1. The standard InChI is InChI=1S/C21H21FN4O/c1-2-24-20-17(21(27)26-19-13-15(22)8-11-18(19)23)10-9-16(25-20)12-14-6-4-3-5-7-14/h3-11,13H,2,12,23H2,1H3,(H,24,25)(H,26,27). The van der Waals surface area contributed by atoms with Crippen LogP contribution in [0, 0.1) is 5.82 Å². The van der Waals surface area contributed by atoms with Crippen LogP contribution in [0.5, 0.6) is 0 Å². The van der Waals surface area contributed by atoms with Gasteiger partial charge in [-0.15, -0.1) is 0 Å². The van der Waals surface area contributed by atoms with E-state index in [0.717, 1.165) is 11.3 Å². The number of pyridine rings is 1. The van der Waals surface area contributed by atoms with E-state index in [0.29, 0.717) is 30.0 Å². The highest BCUT2D eigenvalue weighted by atomic mass is 19.1. The molecule has 0 saturated carbocycles. The van der Waals surface area contributed by atoms with E-state index in [4.69, 9.17) is 5.73 Å². The van der Waals surface area contributed by atoms with Gasteiger partial charge >= 0.3 is 0 Å². The van der Waals surface area contributed by atoms with E-state index >= 15 is 0 Å². The van der Waals surface area contributed by atoms with Crippen LogP contribution >= 0.6 is 0 Å². The smallest absolute Gasteiger partial charge is 0.259 e. The third kappa shape index (κ3) is 4.61. The minimum Gasteiger partial charge on any atom is -0.397 e. The van der Waals surface area contributed by atoms with Crippen LogP contribution in [0.2, 0.25) is 0 Å². The summed E-state index contributed by atoms with van der Waals surface area (Å²) in [6, 6.07) is 17.4. The molecule has 0 saturated heterocycles. The van der Waals surface area contributed by atoms with Crippen molar-refractivity contribution in [3.05, 3.63) is 83.3 Å². The summed E-state index contributed by atoms with van der Waals surface area (Å²) >= 11 is 0. The highest BCUT2D eigenvalue weighted by molar-refractivity contribution is 6.08. The molecule has 0 aliphatic carbocycles. The molecular formula is C21H21FN4O. The Morgan fingerprint density at radius 3 is 2.63 bits per heavy atom. The monoisotopic (exact) mass is 364 g/mol. The van der Waals surface area contributed by atoms with E-state index in [1.165, 1.54) is 18.2 Å². The Morgan fingerprint density at radius 2 is 1.89 bits per heavy atom. The summed E-state index contributed by atoms with van der Waals surface area (Å²) in [6.07, 6.45) is 0.665. The molecule has 0 radical (unpaired) electrons. The molecule has 6 heteroatoms. The molecule has 0 bridgehead atoms. The summed E-state index contributed by atoms with van der Waals surface area (Å²) in [4.78, 5) is 17.3. The van der Waals surface area contributed by atoms with Gasteiger partial charge in [-0.25, -0.2) is 9.37 Å². The minimum absolute atomic E-state index is 0.232. The van der Waals surface area contributed by atoms with Gasteiger partial charge in [-0.1, -0.05) is 30.3 Å². The predicted molar refractivity (Wildman–Crippen MR) is 106 cm³/mol. The molecule has 3 aromatic rings. The number of hydrogen-bond acceptors (Lipinski definition) is 4. The van der Waals surface area contributed by atoms with Crippen LogP contribution in [-0.4, -0.2) is 17.4 Å². The zero-order valence-corrected chi connectivity index (χ0v) is 15.0. The van der Waals surface area contributed by atoms with Crippen LogP contribution < -0.4 is 16.4 Å². The number of carbonyl (C=O) groups is 1. The van der Waals surface area contributed by atoms with Crippen molar-refractivity contribution in [1.29, 1.82) is 0 Å². The lowest BCUT2D eigenvalue weighted by Gasteiger charge is -2.13. The van der Waals surface area contributed by atoms with Gasteiger partial charge < -0.3 is 16.4 Å². The summed E-state index contributed by atoms with van der Waals surface area (Å²) < 4.78 is 13.4. The van der Waals surface area contributed by atoms with E-state index in [1.807, 2.05) is 43.3 Å². The Morgan fingerprint density at radius 1 is 1.11 bits per heavy atom. The van der Waals surface area contributed by atoms with Crippen molar-refractivity contribution in [2.24, 2.45) is 0 Å². The van der Waals surface area contributed by atoms with Gasteiger partial charge in [0, 0.05) is 18.7 Å². The van der Waals surface area contributed by atoms with Gasteiger partial charge in [0.1, 0.15) is 11.6 Å². The number of hydrogen-bond donors (Lipinski definition) is 3. The fourth-order valence-electron chi connectivity index (χ4n) is 2.71. The quantitative estimate of drug-likeness (QED) is 0.576. The molecule has 4 N–H and O–H groups in total. The zero-order chi connectivity index (χ0) is 19.2. The van der Waals surface area contributed by atoms with Gasteiger partial charge in [-0.3, -0.25) is 4.79 Å². The van der Waals surface area contributed by atoms with E-state index in [-0.39, 0.29) is 5.69 Å². The van der Waals surface area contributed by atoms with Crippen molar-refractivity contribution in [3.63, 3.8) is 0 Å². The van der Waals surface area contributed by atoms with E-state index in [2.05, 4.69) is 15.6 Å². The number of amides is 1. The molecule has 0 atom stereocenters. The van der Waals surface area contributed by atoms with Gasteiger partial charge in [0.15, 0.2) is 0 Å². The first-order chi connectivity index (χ1) is 13.1. The second kappa shape index (κ2) is 8.31. The predicted octanol–water partition coefficient (Wildman–Crippen LogP) is 4.08. The second-order valence-electron chi connectivity index (χ2n) is 6.08. The number of benzene rings is 2. The number of nitrogen functional groups attached to an aromatic ring is 1. The van der Waals surface area contributed by atoms with Crippen LogP contribution in [-0.2, 0) is 6.42 Å². The molecule has 2 aromatic carbocycles. The third-order valence-electron chi connectivity index (χ3n) is 4.03. The number of carbonyl (C=O) groups excluding carboxylic acids is 1. The van der Waals surface area contributed by atoms with E-state index < -0.39 is 11.7 Å². The summed E-state index contributed by atoms with van der Waals surface area (Å²) in [5.74, 6) is -0.386. The first-order valence-electron chi connectivity index (χ1n) is 8.71. The van der Waals surface area contributed by atoms with Crippen molar-refractivity contribution in [2.75, 3.05) is 22.9 Å². The van der Waals surface area contributed by atoms with Crippen LogP contribution in [0.4, 0.5) is 21.6 Å². The maximum atomic E-state index is 13.4. The molecule has 3 rings (SSSR count). The van der Waals surface area contributed by atoms with Crippen molar-refractivity contribution in [3.8, 4) is 0 Å². The van der Waals surface area contributed by atoms with Crippen LogP contribution in [0.25, 0.3) is 0 Å². The molecule has 0 spiro atoms. The number of nitrogens with two attached hydrogens (primary N) is 1. The van der Waals surface area contributed by atoms with Gasteiger partial charge in [-0.2, -0.15) is 0 Å². The number of nitrogens with one attached hydrogen (secondary N) is 2. The van der Waals surface area contributed by atoms with Gasteiger partial charge in [0.2, 0.25) is 0 Å². The lowest BCUT2D eigenvalue weighted by Crippen LogP contribution is -2.17. The largest absolute Gasteiger partial charge is 0.397 e. The first kappa shape index (κ1) is 18.4. The fraction of sp³-hybridized carbons (Fsp3) is 0.143. The van der Waals surface area contributed by atoms with E-state index in [1.54, 1.807) is 6.07 Å². The van der Waals surface area contributed by atoms with Crippen LogP contribution in [0.1, 0.15) is 28.5 Å². The van der Waals surface area contributed by atoms with Crippen LogP contribution in [0.3, 0.4) is 0 Å². The summed E-state index contributed by atoms with van der Waals surface area (Å²) in [5.41, 5.74) is 8.69. The number of halogens is 1.